The van der Waals surface area contributed by atoms with Gasteiger partial charge in [-0.05, 0) is 26.0 Å². The Balaban J connectivity index is 1.71. The predicted octanol–water partition coefficient (Wildman–Crippen LogP) is 4.38. The monoisotopic (exact) mass is 448 g/mol. The van der Waals surface area contributed by atoms with Gasteiger partial charge in [0.25, 0.3) is 0 Å². The number of hydrogen-bond donors (Lipinski definition) is 1. The SMILES string of the molecule is CCOc1cc(N2CCOCC2)c(OCC)cc1NC(=O)CCOc1ccccc1Cl. The minimum atomic E-state index is -0.186. The van der Waals surface area contributed by atoms with Crippen molar-refractivity contribution >= 4 is 28.9 Å². The van der Waals surface area contributed by atoms with E-state index in [-0.39, 0.29) is 18.9 Å². The molecule has 1 aliphatic rings. The molecule has 0 saturated carbocycles. The van der Waals surface area contributed by atoms with E-state index < -0.39 is 0 Å². The molecule has 0 radical (unpaired) electrons. The summed E-state index contributed by atoms with van der Waals surface area (Å²) in [6.45, 7) is 7.94. The molecule has 1 heterocycles. The van der Waals surface area contributed by atoms with Crippen molar-refractivity contribution in [3.8, 4) is 17.2 Å². The number of morpholine rings is 1. The summed E-state index contributed by atoms with van der Waals surface area (Å²) in [6, 6.07) is 10.9. The fraction of sp³-hybridized carbons (Fsp3) is 0.435. The molecule has 0 unspecified atom stereocenters. The highest BCUT2D eigenvalue weighted by Gasteiger charge is 2.20. The Labute approximate surface area is 188 Å². The molecule has 8 heteroatoms. The molecule has 1 N–H and O–H groups in total. The fourth-order valence-corrected chi connectivity index (χ4v) is 3.46. The van der Waals surface area contributed by atoms with Gasteiger partial charge in [-0.3, -0.25) is 4.79 Å². The molecular formula is C23H29ClN2O5. The van der Waals surface area contributed by atoms with Crippen LogP contribution in [-0.4, -0.2) is 52.0 Å². The Hall–Kier alpha value is -2.64. The van der Waals surface area contributed by atoms with E-state index in [4.69, 9.17) is 30.5 Å². The number of carbonyl (C=O) groups is 1. The van der Waals surface area contributed by atoms with Gasteiger partial charge >= 0.3 is 0 Å². The van der Waals surface area contributed by atoms with Crippen LogP contribution in [0.5, 0.6) is 17.2 Å². The lowest BCUT2D eigenvalue weighted by Gasteiger charge is -2.31. The minimum absolute atomic E-state index is 0.173. The second-order valence-corrected chi connectivity index (χ2v) is 7.27. The highest BCUT2D eigenvalue weighted by atomic mass is 35.5. The van der Waals surface area contributed by atoms with E-state index in [1.807, 2.05) is 38.1 Å². The minimum Gasteiger partial charge on any atom is -0.492 e. The van der Waals surface area contributed by atoms with Crippen LogP contribution in [0.25, 0.3) is 0 Å². The molecule has 3 rings (SSSR count). The normalized spacial score (nSPS) is 13.6. The molecular weight excluding hydrogens is 420 g/mol. The van der Waals surface area contributed by atoms with Crippen molar-refractivity contribution < 1.29 is 23.7 Å². The van der Waals surface area contributed by atoms with Crippen molar-refractivity contribution in [2.24, 2.45) is 0 Å². The van der Waals surface area contributed by atoms with Crippen molar-refractivity contribution in [3.05, 3.63) is 41.4 Å². The number of anilines is 2. The predicted molar refractivity (Wildman–Crippen MR) is 122 cm³/mol. The van der Waals surface area contributed by atoms with E-state index in [1.165, 1.54) is 0 Å². The molecule has 0 spiro atoms. The van der Waals surface area contributed by atoms with Crippen LogP contribution >= 0.6 is 11.6 Å². The van der Waals surface area contributed by atoms with Crippen molar-refractivity contribution in [1.29, 1.82) is 0 Å². The number of nitrogens with one attached hydrogen (secondary N) is 1. The zero-order chi connectivity index (χ0) is 22.1. The molecule has 0 aromatic heterocycles. The molecule has 0 atom stereocenters. The lowest BCUT2D eigenvalue weighted by atomic mass is 10.2. The van der Waals surface area contributed by atoms with Gasteiger partial charge in [0.15, 0.2) is 0 Å². The van der Waals surface area contributed by atoms with Crippen LogP contribution in [0.3, 0.4) is 0 Å². The number of carbonyl (C=O) groups excluding carboxylic acids is 1. The first-order valence-electron chi connectivity index (χ1n) is 10.6. The summed E-state index contributed by atoms with van der Waals surface area (Å²) >= 11 is 6.08. The molecule has 31 heavy (non-hydrogen) atoms. The number of halogens is 1. The first-order chi connectivity index (χ1) is 15.1. The maximum Gasteiger partial charge on any atom is 0.227 e. The number of benzene rings is 2. The first kappa shape index (κ1) is 23.0. The summed E-state index contributed by atoms with van der Waals surface area (Å²) in [5.74, 6) is 1.68. The van der Waals surface area contributed by atoms with Gasteiger partial charge in [0.2, 0.25) is 5.91 Å². The topological polar surface area (TPSA) is 69.3 Å². The van der Waals surface area contributed by atoms with Crippen LogP contribution in [0.4, 0.5) is 11.4 Å². The van der Waals surface area contributed by atoms with Crippen LogP contribution in [0.2, 0.25) is 5.02 Å². The van der Waals surface area contributed by atoms with Crippen LogP contribution in [0, 0.1) is 0 Å². The second kappa shape index (κ2) is 11.7. The lowest BCUT2D eigenvalue weighted by Crippen LogP contribution is -2.36. The van der Waals surface area contributed by atoms with Crippen molar-refractivity contribution in [2.75, 3.05) is 56.3 Å². The molecule has 1 fully saturated rings. The third-order valence-electron chi connectivity index (χ3n) is 4.71. The highest BCUT2D eigenvalue weighted by Crippen LogP contribution is 2.39. The molecule has 1 saturated heterocycles. The first-order valence-corrected chi connectivity index (χ1v) is 10.9. The van der Waals surface area contributed by atoms with E-state index in [2.05, 4.69) is 10.2 Å². The largest absolute Gasteiger partial charge is 0.492 e. The van der Waals surface area contributed by atoms with Gasteiger partial charge in [0.05, 0.1) is 55.9 Å². The number of amides is 1. The molecule has 1 aliphatic heterocycles. The smallest absolute Gasteiger partial charge is 0.227 e. The Morgan fingerprint density at radius 2 is 1.74 bits per heavy atom. The lowest BCUT2D eigenvalue weighted by molar-refractivity contribution is -0.116. The maximum absolute atomic E-state index is 12.6. The van der Waals surface area contributed by atoms with Gasteiger partial charge < -0.3 is 29.2 Å². The Morgan fingerprint density at radius 1 is 1.03 bits per heavy atom. The second-order valence-electron chi connectivity index (χ2n) is 6.86. The third-order valence-corrected chi connectivity index (χ3v) is 5.02. The summed E-state index contributed by atoms with van der Waals surface area (Å²) < 4.78 is 22.8. The van der Waals surface area contributed by atoms with Crippen molar-refractivity contribution in [1.82, 2.24) is 0 Å². The number of nitrogens with zero attached hydrogens (tertiary/aromatic N) is 1. The number of ether oxygens (including phenoxy) is 4. The number of rotatable bonds is 10. The summed E-state index contributed by atoms with van der Waals surface area (Å²) in [4.78, 5) is 14.8. The summed E-state index contributed by atoms with van der Waals surface area (Å²) in [5, 5.41) is 3.44. The number of hydrogen-bond acceptors (Lipinski definition) is 6. The fourth-order valence-electron chi connectivity index (χ4n) is 3.27. The van der Waals surface area contributed by atoms with E-state index in [0.29, 0.717) is 54.4 Å². The summed E-state index contributed by atoms with van der Waals surface area (Å²) in [5.41, 5.74) is 1.51. The molecule has 2 aromatic rings. The Morgan fingerprint density at radius 3 is 2.45 bits per heavy atom. The van der Waals surface area contributed by atoms with E-state index in [1.54, 1.807) is 12.1 Å². The van der Waals surface area contributed by atoms with Crippen molar-refractivity contribution in [3.63, 3.8) is 0 Å². The molecule has 7 nitrogen and oxygen atoms in total. The molecule has 1 amide bonds. The quantitative estimate of drug-likeness (QED) is 0.581. The van der Waals surface area contributed by atoms with Gasteiger partial charge in [-0.25, -0.2) is 0 Å². The molecule has 0 aliphatic carbocycles. The zero-order valence-corrected chi connectivity index (χ0v) is 18.7. The van der Waals surface area contributed by atoms with Gasteiger partial charge in [-0.1, -0.05) is 23.7 Å². The van der Waals surface area contributed by atoms with Crippen molar-refractivity contribution in [2.45, 2.75) is 20.3 Å². The third kappa shape index (κ3) is 6.42. The van der Waals surface area contributed by atoms with E-state index >= 15 is 0 Å². The van der Waals surface area contributed by atoms with Crippen LogP contribution in [0.15, 0.2) is 36.4 Å². The Kier molecular flexibility index (Phi) is 8.67. The molecule has 168 valence electrons. The summed E-state index contributed by atoms with van der Waals surface area (Å²) in [7, 11) is 0. The van der Waals surface area contributed by atoms with Crippen LogP contribution in [0.1, 0.15) is 20.3 Å². The average Bonchev–Trinajstić information content (AvgIpc) is 2.77. The van der Waals surface area contributed by atoms with Gasteiger partial charge in [-0.2, -0.15) is 0 Å². The van der Waals surface area contributed by atoms with Crippen LogP contribution < -0.4 is 24.4 Å². The van der Waals surface area contributed by atoms with E-state index in [0.717, 1.165) is 18.8 Å². The number of para-hydroxylation sites is 1. The average molecular weight is 449 g/mol. The highest BCUT2D eigenvalue weighted by molar-refractivity contribution is 6.32. The van der Waals surface area contributed by atoms with E-state index in [9.17, 15) is 4.79 Å². The molecule has 2 aromatic carbocycles. The zero-order valence-electron chi connectivity index (χ0n) is 18.0. The standard InChI is InChI=1S/C23H29ClN2O5/c1-3-29-21-16-19(26-10-13-28-14-11-26)22(30-4-2)15-18(21)25-23(27)9-12-31-20-8-6-5-7-17(20)24/h5-8,15-16H,3-4,9-14H2,1-2H3,(H,25,27). The van der Waals surface area contributed by atoms with Gasteiger partial charge in [0, 0.05) is 25.2 Å². The summed E-state index contributed by atoms with van der Waals surface area (Å²) in [6.07, 6.45) is 0.173. The van der Waals surface area contributed by atoms with Gasteiger partial charge in [-0.15, -0.1) is 0 Å². The Bertz CT molecular complexity index is 871. The maximum atomic E-state index is 12.6. The van der Waals surface area contributed by atoms with Crippen LogP contribution in [-0.2, 0) is 9.53 Å². The van der Waals surface area contributed by atoms with Gasteiger partial charge in [0.1, 0.15) is 17.2 Å². The molecule has 0 bridgehead atoms.